The van der Waals surface area contributed by atoms with Crippen molar-refractivity contribution in [3.63, 3.8) is 0 Å². The Bertz CT molecular complexity index is 65.3. The Kier molecular flexibility index (Phi) is 0.330. The number of methoxy groups -OCH3 is 1. The molecule has 2 heteroatoms. The van der Waals surface area contributed by atoms with Gasteiger partial charge >= 0.3 is 5.95 Å². The molecule has 1 aliphatic rings. The van der Waals surface area contributed by atoms with E-state index < -0.39 is 0 Å². The molecule has 0 spiro atoms. The molecular formula is C3H4O2. The van der Waals surface area contributed by atoms with Crippen molar-refractivity contribution in [3.05, 3.63) is 12.2 Å². The van der Waals surface area contributed by atoms with E-state index in [1.54, 1.807) is 13.4 Å². The van der Waals surface area contributed by atoms with Crippen LogP contribution in [0.2, 0.25) is 0 Å². The van der Waals surface area contributed by atoms with Gasteiger partial charge in [0.1, 0.15) is 0 Å². The van der Waals surface area contributed by atoms with Gasteiger partial charge in [0.15, 0.2) is 6.26 Å². The smallest absolute Gasteiger partial charge is 0.321 e. The summed E-state index contributed by atoms with van der Waals surface area (Å²) in [6.45, 7) is 0. The number of rotatable bonds is 1. The molecule has 28 valence electrons. The van der Waals surface area contributed by atoms with Gasteiger partial charge in [-0.2, -0.15) is 0 Å². The first kappa shape index (κ1) is 2.57. The van der Waals surface area contributed by atoms with Gasteiger partial charge in [-0.3, -0.25) is 0 Å². The van der Waals surface area contributed by atoms with Crippen molar-refractivity contribution in [1.29, 1.82) is 0 Å². The number of ether oxygens (including phenoxy) is 2. The minimum Gasteiger partial charge on any atom is -0.466 e. The summed E-state index contributed by atoms with van der Waals surface area (Å²) in [5.41, 5.74) is 0. The molecule has 5 heavy (non-hydrogen) atoms. The summed E-state index contributed by atoms with van der Waals surface area (Å²) in [6, 6.07) is 0. The lowest BCUT2D eigenvalue weighted by atomic mass is 11.2. The van der Waals surface area contributed by atoms with Crippen molar-refractivity contribution < 1.29 is 9.47 Å². The van der Waals surface area contributed by atoms with Crippen LogP contribution >= 0.6 is 0 Å². The van der Waals surface area contributed by atoms with Gasteiger partial charge in [0, 0.05) is 0 Å². The normalized spacial score (nSPS) is 15.8. The van der Waals surface area contributed by atoms with E-state index in [0.717, 1.165) is 0 Å². The molecule has 0 bridgehead atoms. The lowest BCUT2D eigenvalue weighted by molar-refractivity contribution is 0.210. The highest BCUT2D eigenvalue weighted by Crippen LogP contribution is 2.11. The quantitative estimate of drug-likeness (QED) is 0.449. The highest BCUT2D eigenvalue weighted by molar-refractivity contribution is 4.90. The van der Waals surface area contributed by atoms with Gasteiger partial charge < -0.3 is 9.47 Å². The van der Waals surface area contributed by atoms with E-state index in [2.05, 4.69) is 9.47 Å². The van der Waals surface area contributed by atoms with E-state index in [1.807, 2.05) is 0 Å². The van der Waals surface area contributed by atoms with Crippen LogP contribution in [-0.2, 0) is 9.47 Å². The summed E-state index contributed by atoms with van der Waals surface area (Å²) in [6.07, 6.45) is 1.54. The molecule has 0 aliphatic carbocycles. The maximum Gasteiger partial charge on any atom is 0.321 e. The highest BCUT2D eigenvalue weighted by Gasteiger charge is 2.06. The van der Waals surface area contributed by atoms with Crippen molar-refractivity contribution in [1.82, 2.24) is 0 Å². The summed E-state index contributed by atoms with van der Waals surface area (Å²) >= 11 is 0. The second-order valence-corrected chi connectivity index (χ2v) is 0.759. The van der Waals surface area contributed by atoms with Crippen molar-refractivity contribution >= 4 is 0 Å². The van der Waals surface area contributed by atoms with Gasteiger partial charge in [-0.25, -0.2) is 0 Å². The van der Waals surface area contributed by atoms with Gasteiger partial charge in [-0.15, -0.1) is 0 Å². The van der Waals surface area contributed by atoms with Crippen molar-refractivity contribution in [3.8, 4) is 0 Å². The summed E-state index contributed by atoms with van der Waals surface area (Å²) < 4.78 is 8.93. The standard InChI is InChI=1S/C3H4O2/c1-4-3-2-5-3/h2H,1H3. The van der Waals surface area contributed by atoms with Crippen LogP contribution in [0, 0.1) is 0 Å². The zero-order valence-electron chi connectivity index (χ0n) is 2.89. The molecule has 0 aromatic rings. The van der Waals surface area contributed by atoms with Gasteiger partial charge in [0.25, 0.3) is 0 Å². The summed E-state index contributed by atoms with van der Waals surface area (Å²) in [7, 11) is 1.57. The molecule has 0 radical (unpaired) electrons. The van der Waals surface area contributed by atoms with Crippen molar-refractivity contribution in [2.45, 2.75) is 0 Å². The Labute approximate surface area is 30.0 Å². The van der Waals surface area contributed by atoms with E-state index in [-0.39, 0.29) is 0 Å². The Balaban J connectivity index is 2.22. The average molecular weight is 72.1 g/mol. The molecule has 0 atom stereocenters. The predicted molar refractivity (Wildman–Crippen MR) is 16.2 cm³/mol. The Morgan fingerprint density at radius 1 is 2.00 bits per heavy atom. The number of hydrogen-bond acceptors (Lipinski definition) is 2. The summed E-state index contributed by atoms with van der Waals surface area (Å²) in [4.78, 5) is 0. The topological polar surface area (TPSA) is 21.8 Å². The first-order chi connectivity index (χ1) is 2.43. The van der Waals surface area contributed by atoms with Gasteiger partial charge in [0.05, 0.1) is 7.11 Å². The van der Waals surface area contributed by atoms with E-state index in [1.165, 1.54) is 0 Å². The van der Waals surface area contributed by atoms with Crippen LogP contribution in [0.4, 0.5) is 0 Å². The molecule has 1 rings (SSSR count). The first-order valence-corrected chi connectivity index (χ1v) is 1.34. The van der Waals surface area contributed by atoms with Crippen LogP contribution in [0.15, 0.2) is 12.2 Å². The van der Waals surface area contributed by atoms with Crippen molar-refractivity contribution in [2.75, 3.05) is 7.11 Å². The maximum absolute atomic E-state index is 4.50. The molecule has 1 aliphatic heterocycles. The fraction of sp³-hybridized carbons (Fsp3) is 0.333. The average Bonchev–Trinajstić information content (AvgIpc) is 2.12. The van der Waals surface area contributed by atoms with Crippen molar-refractivity contribution in [2.24, 2.45) is 0 Å². The molecule has 0 unspecified atom stereocenters. The summed E-state index contributed by atoms with van der Waals surface area (Å²) in [5.74, 6) is 0.630. The Hall–Kier alpha value is -0.660. The Morgan fingerprint density at radius 2 is 2.60 bits per heavy atom. The second kappa shape index (κ2) is 0.641. The minimum atomic E-state index is 0.630. The van der Waals surface area contributed by atoms with Gasteiger partial charge in [-0.05, 0) is 0 Å². The highest BCUT2D eigenvalue weighted by atomic mass is 16.7. The predicted octanol–water partition coefficient (Wildman–Crippen LogP) is 0.462. The lowest BCUT2D eigenvalue weighted by Crippen LogP contribution is -1.64. The molecule has 0 amide bonds. The maximum atomic E-state index is 4.50. The number of hydrogen-bond donors (Lipinski definition) is 0. The summed E-state index contributed by atoms with van der Waals surface area (Å²) in [5, 5.41) is 0. The first-order valence-electron chi connectivity index (χ1n) is 1.34. The Morgan fingerprint density at radius 3 is 2.60 bits per heavy atom. The van der Waals surface area contributed by atoms with Crippen LogP contribution < -0.4 is 0 Å². The van der Waals surface area contributed by atoms with Crippen LogP contribution in [0.3, 0.4) is 0 Å². The molecule has 0 fully saturated rings. The molecule has 1 heterocycles. The zero-order chi connectivity index (χ0) is 3.70. The third-order valence-electron chi connectivity index (χ3n) is 0.415. The van der Waals surface area contributed by atoms with Crippen LogP contribution in [-0.4, -0.2) is 7.11 Å². The third kappa shape index (κ3) is 0.318. The van der Waals surface area contributed by atoms with Gasteiger partial charge in [-0.1, -0.05) is 0 Å². The van der Waals surface area contributed by atoms with E-state index in [4.69, 9.17) is 0 Å². The van der Waals surface area contributed by atoms with E-state index in [0.29, 0.717) is 5.95 Å². The molecule has 0 saturated carbocycles. The lowest BCUT2D eigenvalue weighted by Gasteiger charge is -1.76. The molecule has 0 aromatic heterocycles. The molecule has 0 N–H and O–H groups in total. The van der Waals surface area contributed by atoms with Crippen LogP contribution in [0.1, 0.15) is 0 Å². The monoisotopic (exact) mass is 72.0 g/mol. The fourth-order valence-corrected chi connectivity index (χ4v) is 0.120. The third-order valence-corrected chi connectivity index (χ3v) is 0.415. The molecule has 0 saturated heterocycles. The van der Waals surface area contributed by atoms with Gasteiger partial charge in [0.2, 0.25) is 0 Å². The largest absolute Gasteiger partial charge is 0.466 e. The second-order valence-electron chi connectivity index (χ2n) is 0.759. The minimum absolute atomic E-state index is 0.630. The van der Waals surface area contributed by atoms with Crippen LogP contribution in [0.25, 0.3) is 0 Å². The van der Waals surface area contributed by atoms with Crippen LogP contribution in [0.5, 0.6) is 0 Å². The van der Waals surface area contributed by atoms with E-state index in [9.17, 15) is 0 Å². The zero-order valence-corrected chi connectivity index (χ0v) is 2.89. The molecule has 2 nitrogen and oxygen atoms in total. The fourth-order valence-electron chi connectivity index (χ4n) is 0.120. The molecular weight excluding hydrogens is 68.0 g/mol. The van der Waals surface area contributed by atoms with E-state index >= 15 is 0 Å². The SMILES string of the molecule is COC1=CO1. The molecule has 0 aromatic carbocycles.